The number of rotatable bonds is 5. The first-order chi connectivity index (χ1) is 13.2. The van der Waals surface area contributed by atoms with Crippen LogP contribution in [-0.2, 0) is 11.3 Å². The summed E-state index contributed by atoms with van der Waals surface area (Å²) >= 11 is 13.7. The third kappa shape index (κ3) is 3.95. The second kappa shape index (κ2) is 8.23. The van der Waals surface area contributed by atoms with Crippen LogP contribution < -0.4 is 5.56 Å². The fourth-order valence-corrected chi connectivity index (χ4v) is 4.64. The van der Waals surface area contributed by atoms with Crippen LogP contribution in [0.2, 0.25) is 10.0 Å². The number of aryl methyl sites for hydroxylation is 3. The van der Waals surface area contributed by atoms with Gasteiger partial charge in [0.05, 0.1) is 17.8 Å². The predicted octanol–water partition coefficient (Wildman–Crippen LogP) is 4.99. The molecule has 0 fully saturated rings. The van der Waals surface area contributed by atoms with E-state index < -0.39 is 0 Å². The average molecular weight is 438 g/mol. The maximum Gasteiger partial charge on any atom is 0.262 e. The molecule has 148 valence electrons. The van der Waals surface area contributed by atoms with Crippen LogP contribution in [0.25, 0.3) is 10.2 Å². The van der Waals surface area contributed by atoms with Crippen LogP contribution in [-0.4, -0.2) is 27.4 Å². The topological polar surface area (TPSA) is 55.2 Å². The van der Waals surface area contributed by atoms with Crippen LogP contribution in [0, 0.1) is 13.8 Å². The van der Waals surface area contributed by atoms with Gasteiger partial charge in [-0.15, -0.1) is 11.3 Å². The molecule has 1 atom stereocenters. The van der Waals surface area contributed by atoms with Crippen molar-refractivity contribution in [1.29, 1.82) is 0 Å². The molecular formula is C20H21Cl2N3O2S. The van der Waals surface area contributed by atoms with Gasteiger partial charge in [0.2, 0.25) is 5.91 Å². The van der Waals surface area contributed by atoms with Gasteiger partial charge in [-0.25, -0.2) is 4.98 Å². The molecule has 2 aromatic heterocycles. The van der Waals surface area contributed by atoms with Gasteiger partial charge < -0.3 is 4.90 Å². The molecule has 2 heterocycles. The smallest absolute Gasteiger partial charge is 0.262 e. The Bertz CT molecular complexity index is 1110. The lowest BCUT2D eigenvalue weighted by molar-refractivity contribution is -0.132. The van der Waals surface area contributed by atoms with Crippen LogP contribution in [0.15, 0.2) is 29.3 Å². The summed E-state index contributed by atoms with van der Waals surface area (Å²) in [5.41, 5.74) is 1.68. The molecule has 0 saturated heterocycles. The van der Waals surface area contributed by atoms with E-state index in [0.717, 1.165) is 20.8 Å². The fraction of sp³-hybridized carbons (Fsp3) is 0.350. The van der Waals surface area contributed by atoms with Gasteiger partial charge >= 0.3 is 0 Å². The van der Waals surface area contributed by atoms with Crippen molar-refractivity contribution in [2.24, 2.45) is 0 Å². The molecular weight excluding hydrogens is 417 g/mol. The van der Waals surface area contributed by atoms with Crippen molar-refractivity contribution in [2.75, 3.05) is 7.05 Å². The summed E-state index contributed by atoms with van der Waals surface area (Å²) in [6, 6.07) is 5.03. The van der Waals surface area contributed by atoms with E-state index in [-0.39, 0.29) is 30.5 Å². The van der Waals surface area contributed by atoms with Crippen LogP contribution in [0.3, 0.4) is 0 Å². The third-order valence-corrected chi connectivity index (χ3v) is 6.79. The van der Waals surface area contributed by atoms with Crippen LogP contribution in [0.4, 0.5) is 0 Å². The lowest BCUT2D eigenvalue weighted by atomic mass is 10.1. The van der Waals surface area contributed by atoms with E-state index in [1.165, 1.54) is 22.2 Å². The summed E-state index contributed by atoms with van der Waals surface area (Å²) < 4.78 is 1.51. The van der Waals surface area contributed by atoms with Crippen LogP contribution >= 0.6 is 34.5 Å². The van der Waals surface area contributed by atoms with Crippen molar-refractivity contribution in [2.45, 2.75) is 39.8 Å². The highest BCUT2D eigenvalue weighted by Crippen LogP contribution is 2.29. The number of carbonyl (C=O) groups excluding carboxylic acids is 1. The summed E-state index contributed by atoms with van der Waals surface area (Å²) in [6.07, 6.45) is 1.72. The molecule has 0 saturated carbocycles. The number of aromatic nitrogens is 2. The van der Waals surface area contributed by atoms with Gasteiger partial charge in [-0.2, -0.15) is 0 Å². The van der Waals surface area contributed by atoms with Crippen molar-refractivity contribution in [3.8, 4) is 0 Å². The molecule has 3 aromatic rings. The Labute approximate surface area is 177 Å². The predicted molar refractivity (Wildman–Crippen MR) is 116 cm³/mol. The average Bonchev–Trinajstić information content (AvgIpc) is 2.94. The summed E-state index contributed by atoms with van der Waals surface area (Å²) in [4.78, 5) is 33.3. The molecule has 0 radical (unpaired) electrons. The molecule has 0 N–H and O–H groups in total. The number of carbonyl (C=O) groups is 1. The lowest BCUT2D eigenvalue weighted by Crippen LogP contribution is -2.31. The molecule has 0 aliphatic carbocycles. The normalized spacial score (nSPS) is 12.4. The molecule has 0 aliphatic rings. The molecule has 8 heteroatoms. The van der Waals surface area contributed by atoms with Gasteiger partial charge in [0.15, 0.2) is 0 Å². The Morgan fingerprint density at radius 3 is 2.71 bits per heavy atom. The van der Waals surface area contributed by atoms with Gasteiger partial charge in [-0.05, 0) is 44.0 Å². The highest BCUT2D eigenvalue weighted by Gasteiger charge is 2.20. The SMILES string of the molecule is Cc1sc2ncn(CCC(=O)N(C)C(C)c3ccc(Cl)cc3Cl)c(=O)c2c1C. The van der Waals surface area contributed by atoms with E-state index >= 15 is 0 Å². The summed E-state index contributed by atoms with van der Waals surface area (Å²) in [5.74, 6) is -0.0799. The second-order valence-corrected chi connectivity index (χ2v) is 8.85. The summed E-state index contributed by atoms with van der Waals surface area (Å²) in [5, 5.41) is 1.72. The molecule has 1 unspecified atom stereocenters. The Kier molecular flexibility index (Phi) is 6.12. The van der Waals surface area contributed by atoms with E-state index in [9.17, 15) is 9.59 Å². The standard InChI is InChI=1S/C20H21Cl2N3O2S/c1-11-13(3)28-19-18(11)20(27)25(10-23-19)8-7-17(26)24(4)12(2)15-6-5-14(21)9-16(15)22/h5-6,9-10,12H,7-8H2,1-4H3. The number of thiophene rings is 1. The van der Waals surface area contributed by atoms with E-state index in [2.05, 4.69) is 4.98 Å². The number of halogens is 2. The number of hydrogen-bond donors (Lipinski definition) is 0. The van der Waals surface area contributed by atoms with E-state index in [1.54, 1.807) is 24.1 Å². The zero-order valence-corrected chi connectivity index (χ0v) is 18.5. The van der Waals surface area contributed by atoms with Crippen LogP contribution in [0.5, 0.6) is 0 Å². The van der Waals surface area contributed by atoms with E-state index in [4.69, 9.17) is 23.2 Å². The molecule has 1 aromatic carbocycles. The van der Waals surface area contributed by atoms with E-state index in [1.807, 2.05) is 26.8 Å². The zero-order chi connectivity index (χ0) is 20.6. The Balaban J connectivity index is 1.74. The van der Waals surface area contributed by atoms with Crippen molar-refractivity contribution < 1.29 is 4.79 Å². The minimum absolute atomic E-state index is 0.0799. The summed E-state index contributed by atoms with van der Waals surface area (Å²) in [7, 11) is 1.73. The highest BCUT2D eigenvalue weighted by molar-refractivity contribution is 7.18. The number of benzene rings is 1. The quantitative estimate of drug-likeness (QED) is 0.564. The maximum absolute atomic E-state index is 12.8. The minimum Gasteiger partial charge on any atom is -0.339 e. The minimum atomic E-state index is -0.212. The molecule has 0 bridgehead atoms. The number of amides is 1. The van der Waals surface area contributed by atoms with Crippen molar-refractivity contribution in [1.82, 2.24) is 14.5 Å². The van der Waals surface area contributed by atoms with Gasteiger partial charge in [0, 0.05) is 34.9 Å². The number of fused-ring (bicyclic) bond motifs is 1. The number of hydrogen-bond acceptors (Lipinski definition) is 4. The largest absolute Gasteiger partial charge is 0.339 e. The first kappa shape index (κ1) is 20.8. The van der Waals surface area contributed by atoms with E-state index in [0.29, 0.717) is 15.4 Å². The van der Waals surface area contributed by atoms with Gasteiger partial charge in [0.25, 0.3) is 5.56 Å². The molecule has 28 heavy (non-hydrogen) atoms. The zero-order valence-electron chi connectivity index (χ0n) is 16.1. The van der Waals surface area contributed by atoms with Crippen LogP contribution in [0.1, 0.15) is 35.4 Å². The summed E-state index contributed by atoms with van der Waals surface area (Å²) in [6.45, 7) is 6.09. The highest BCUT2D eigenvalue weighted by atomic mass is 35.5. The van der Waals surface area contributed by atoms with Crippen molar-refractivity contribution in [3.05, 3.63) is 60.9 Å². The first-order valence-corrected chi connectivity index (χ1v) is 10.4. The fourth-order valence-electron chi connectivity index (χ4n) is 3.09. The molecule has 1 amide bonds. The first-order valence-electron chi connectivity index (χ1n) is 8.86. The maximum atomic E-state index is 12.8. The Morgan fingerprint density at radius 2 is 2.04 bits per heavy atom. The second-order valence-electron chi connectivity index (χ2n) is 6.80. The van der Waals surface area contributed by atoms with Gasteiger partial charge in [0.1, 0.15) is 4.83 Å². The van der Waals surface area contributed by atoms with Gasteiger partial charge in [-0.3, -0.25) is 14.2 Å². The Morgan fingerprint density at radius 1 is 1.32 bits per heavy atom. The monoisotopic (exact) mass is 437 g/mol. The molecule has 3 rings (SSSR count). The number of nitrogens with zero attached hydrogens (tertiary/aromatic N) is 3. The lowest BCUT2D eigenvalue weighted by Gasteiger charge is -2.26. The third-order valence-electron chi connectivity index (χ3n) is 5.11. The molecule has 0 spiro atoms. The van der Waals surface area contributed by atoms with Gasteiger partial charge in [-0.1, -0.05) is 29.3 Å². The molecule has 0 aliphatic heterocycles. The molecule has 5 nitrogen and oxygen atoms in total. The van der Waals surface area contributed by atoms with Crippen molar-refractivity contribution in [3.63, 3.8) is 0 Å². The Hall–Kier alpha value is -1.89. The van der Waals surface area contributed by atoms with Crippen molar-refractivity contribution >= 4 is 50.7 Å².